The highest BCUT2D eigenvalue weighted by Gasteiger charge is 2.25. The average Bonchev–Trinajstić information content (AvgIpc) is 3.35. The van der Waals surface area contributed by atoms with Gasteiger partial charge in [0.25, 0.3) is 0 Å². The fourth-order valence-corrected chi connectivity index (χ4v) is 4.17. The van der Waals surface area contributed by atoms with E-state index in [1.54, 1.807) is 0 Å². The Bertz CT molecular complexity index is 505. The third kappa shape index (κ3) is 4.62. The number of fused-ring (bicyclic) bond motifs is 1. The van der Waals surface area contributed by atoms with Gasteiger partial charge in [0.2, 0.25) is 0 Å². The van der Waals surface area contributed by atoms with Crippen LogP contribution in [0.4, 0.5) is 0 Å². The molecule has 1 aromatic rings. The first-order valence-electron chi connectivity index (χ1n) is 9.88. The van der Waals surface area contributed by atoms with Gasteiger partial charge >= 0.3 is 0 Å². The molecule has 4 heteroatoms. The predicted octanol–water partition coefficient (Wildman–Crippen LogP) is 3.16. The van der Waals surface area contributed by atoms with E-state index in [1.807, 2.05) is 0 Å². The Morgan fingerprint density at radius 2 is 1.92 bits per heavy atom. The lowest BCUT2D eigenvalue weighted by Crippen LogP contribution is -2.35. The van der Waals surface area contributed by atoms with Crippen LogP contribution in [0.2, 0.25) is 0 Å². The first-order valence-corrected chi connectivity index (χ1v) is 9.88. The summed E-state index contributed by atoms with van der Waals surface area (Å²) in [5.74, 6) is 2.39. The van der Waals surface area contributed by atoms with Crippen LogP contribution in [0.25, 0.3) is 0 Å². The normalized spacial score (nSPS) is 26.2. The molecule has 134 valence electrons. The van der Waals surface area contributed by atoms with Gasteiger partial charge in [0, 0.05) is 64.5 Å². The van der Waals surface area contributed by atoms with Crippen LogP contribution in [-0.2, 0) is 22.6 Å². The average molecular weight is 332 g/mol. The van der Waals surface area contributed by atoms with Crippen LogP contribution in [0.1, 0.15) is 37.8 Å². The van der Waals surface area contributed by atoms with Gasteiger partial charge in [0.15, 0.2) is 0 Å². The zero-order valence-corrected chi connectivity index (χ0v) is 14.9. The summed E-state index contributed by atoms with van der Waals surface area (Å²) < 4.78 is 13.9. The van der Waals surface area contributed by atoms with Crippen molar-refractivity contribution in [2.24, 2.45) is 17.8 Å². The molecule has 1 aliphatic carbocycles. The molecule has 0 amide bonds. The lowest BCUT2D eigenvalue weighted by molar-refractivity contribution is 0.0475. The SMILES string of the molecule is c1cc2n(c1)C[C@H](CCOCC1CC1)CN(CC1CCOCC1)C2. The molecule has 0 unspecified atom stereocenters. The number of hydrogen-bond donors (Lipinski definition) is 0. The van der Waals surface area contributed by atoms with E-state index in [0.717, 1.165) is 51.4 Å². The van der Waals surface area contributed by atoms with Crippen molar-refractivity contribution < 1.29 is 9.47 Å². The van der Waals surface area contributed by atoms with Crippen LogP contribution in [0.15, 0.2) is 18.3 Å². The van der Waals surface area contributed by atoms with Crippen LogP contribution >= 0.6 is 0 Å². The van der Waals surface area contributed by atoms with Crippen molar-refractivity contribution in [3.63, 3.8) is 0 Å². The van der Waals surface area contributed by atoms with Crippen LogP contribution in [-0.4, -0.2) is 49.0 Å². The van der Waals surface area contributed by atoms with Gasteiger partial charge in [-0.25, -0.2) is 0 Å². The second-order valence-electron chi connectivity index (χ2n) is 8.07. The van der Waals surface area contributed by atoms with E-state index in [0.29, 0.717) is 5.92 Å². The third-order valence-corrected chi connectivity index (χ3v) is 5.86. The molecule has 1 saturated carbocycles. The van der Waals surface area contributed by atoms with Gasteiger partial charge in [-0.15, -0.1) is 0 Å². The van der Waals surface area contributed by atoms with Crippen molar-refractivity contribution in [1.29, 1.82) is 0 Å². The van der Waals surface area contributed by atoms with Gasteiger partial charge in [0.05, 0.1) is 0 Å². The van der Waals surface area contributed by atoms with E-state index in [-0.39, 0.29) is 0 Å². The summed E-state index contributed by atoms with van der Waals surface area (Å²) in [5, 5.41) is 0. The molecule has 4 rings (SSSR count). The highest BCUT2D eigenvalue weighted by molar-refractivity contribution is 5.08. The Balaban J connectivity index is 1.32. The minimum absolute atomic E-state index is 0.706. The monoisotopic (exact) mass is 332 g/mol. The largest absolute Gasteiger partial charge is 0.381 e. The minimum atomic E-state index is 0.706. The van der Waals surface area contributed by atoms with E-state index in [4.69, 9.17) is 9.47 Å². The number of ether oxygens (including phenoxy) is 2. The third-order valence-electron chi connectivity index (χ3n) is 5.86. The highest BCUT2D eigenvalue weighted by atomic mass is 16.5. The van der Waals surface area contributed by atoms with Gasteiger partial charge in [-0.1, -0.05) is 0 Å². The van der Waals surface area contributed by atoms with Crippen LogP contribution in [0.3, 0.4) is 0 Å². The molecule has 1 aromatic heterocycles. The molecule has 0 N–H and O–H groups in total. The molecule has 1 atom stereocenters. The fourth-order valence-electron chi connectivity index (χ4n) is 4.17. The number of nitrogens with zero attached hydrogens (tertiary/aromatic N) is 2. The summed E-state index contributed by atoms with van der Waals surface area (Å²) in [4.78, 5) is 2.69. The van der Waals surface area contributed by atoms with Gasteiger partial charge in [-0.2, -0.15) is 0 Å². The van der Waals surface area contributed by atoms with Crippen molar-refractivity contribution in [3.05, 3.63) is 24.0 Å². The van der Waals surface area contributed by atoms with Crippen molar-refractivity contribution in [1.82, 2.24) is 9.47 Å². The first kappa shape index (κ1) is 16.6. The molecule has 0 aromatic carbocycles. The van der Waals surface area contributed by atoms with E-state index in [2.05, 4.69) is 27.8 Å². The molecule has 2 fully saturated rings. The lowest BCUT2D eigenvalue weighted by Gasteiger charge is -2.30. The maximum atomic E-state index is 5.91. The molecule has 3 aliphatic rings. The smallest absolute Gasteiger partial charge is 0.0494 e. The van der Waals surface area contributed by atoms with E-state index in [1.165, 1.54) is 50.9 Å². The Morgan fingerprint density at radius 3 is 2.75 bits per heavy atom. The number of aromatic nitrogens is 1. The van der Waals surface area contributed by atoms with E-state index < -0.39 is 0 Å². The summed E-state index contributed by atoms with van der Waals surface area (Å²) in [5.41, 5.74) is 1.48. The Morgan fingerprint density at radius 1 is 1.04 bits per heavy atom. The van der Waals surface area contributed by atoms with Crippen molar-refractivity contribution in [2.45, 2.75) is 45.2 Å². The molecule has 2 aliphatic heterocycles. The Kier molecular flexibility index (Phi) is 5.56. The highest BCUT2D eigenvalue weighted by Crippen LogP contribution is 2.29. The van der Waals surface area contributed by atoms with Crippen LogP contribution in [0, 0.1) is 17.8 Å². The summed E-state index contributed by atoms with van der Waals surface area (Å²) >= 11 is 0. The fraction of sp³-hybridized carbons (Fsp3) is 0.800. The summed E-state index contributed by atoms with van der Waals surface area (Å²) in [7, 11) is 0. The first-order chi connectivity index (χ1) is 11.9. The predicted molar refractivity (Wildman–Crippen MR) is 94.9 cm³/mol. The zero-order valence-electron chi connectivity index (χ0n) is 14.9. The molecule has 0 bridgehead atoms. The molecule has 0 radical (unpaired) electrons. The maximum absolute atomic E-state index is 5.91. The quantitative estimate of drug-likeness (QED) is 0.718. The van der Waals surface area contributed by atoms with Crippen LogP contribution < -0.4 is 0 Å². The Labute approximate surface area is 146 Å². The van der Waals surface area contributed by atoms with Gasteiger partial charge < -0.3 is 14.0 Å². The summed E-state index contributed by atoms with van der Waals surface area (Å²) in [6.07, 6.45) is 8.67. The zero-order chi connectivity index (χ0) is 16.2. The van der Waals surface area contributed by atoms with Crippen LogP contribution in [0.5, 0.6) is 0 Å². The van der Waals surface area contributed by atoms with E-state index in [9.17, 15) is 0 Å². The van der Waals surface area contributed by atoms with Crippen molar-refractivity contribution in [2.75, 3.05) is 39.5 Å². The minimum Gasteiger partial charge on any atom is -0.381 e. The standard InChI is InChI=1S/C20H32N2O2/c1-2-20-15-21(12-17-5-9-23-10-6-17)13-19(14-22(20)8-1)7-11-24-16-18-3-4-18/h1-2,8,17-19H,3-7,9-16H2/t19-/m1/s1. The van der Waals surface area contributed by atoms with Gasteiger partial charge in [0.1, 0.15) is 0 Å². The number of rotatable bonds is 7. The molecular formula is C20H32N2O2. The lowest BCUT2D eigenvalue weighted by atomic mass is 9.98. The molecule has 0 spiro atoms. The molecular weight excluding hydrogens is 300 g/mol. The van der Waals surface area contributed by atoms with E-state index >= 15 is 0 Å². The van der Waals surface area contributed by atoms with Gasteiger partial charge in [-0.3, -0.25) is 4.90 Å². The summed E-state index contributed by atoms with van der Waals surface area (Å²) in [6, 6.07) is 4.50. The van der Waals surface area contributed by atoms with Gasteiger partial charge in [-0.05, 0) is 62.0 Å². The molecule has 4 nitrogen and oxygen atoms in total. The second-order valence-corrected chi connectivity index (χ2v) is 8.07. The summed E-state index contributed by atoms with van der Waals surface area (Å²) in [6.45, 7) is 8.53. The topological polar surface area (TPSA) is 26.6 Å². The second kappa shape index (κ2) is 8.03. The van der Waals surface area contributed by atoms with Crippen molar-refractivity contribution in [3.8, 4) is 0 Å². The molecule has 3 heterocycles. The Hall–Kier alpha value is -0.840. The van der Waals surface area contributed by atoms with Crippen molar-refractivity contribution >= 4 is 0 Å². The number of hydrogen-bond acceptors (Lipinski definition) is 3. The molecule has 1 saturated heterocycles. The maximum Gasteiger partial charge on any atom is 0.0494 e. The molecule has 24 heavy (non-hydrogen) atoms.